The lowest BCUT2D eigenvalue weighted by molar-refractivity contribution is -0.135. The van der Waals surface area contributed by atoms with Crippen molar-refractivity contribution >= 4 is 22.9 Å². The molecule has 5 rings (SSSR count). The zero-order valence-corrected chi connectivity index (χ0v) is 20.5. The quantitative estimate of drug-likeness (QED) is 0.673. The average molecular weight is 481 g/mol. The molecule has 3 atom stereocenters. The summed E-state index contributed by atoms with van der Waals surface area (Å²) in [6, 6.07) is 8.47. The number of fused-ring (bicyclic) bond motifs is 3. The van der Waals surface area contributed by atoms with Crippen molar-refractivity contribution in [2.45, 2.75) is 101 Å². The second-order valence-electron chi connectivity index (χ2n) is 10.9. The molecule has 3 fully saturated rings. The number of carbonyl (C=O) groups is 2. The van der Waals surface area contributed by atoms with Crippen LogP contribution in [0.3, 0.4) is 0 Å². The summed E-state index contributed by atoms with van der Waals surface area (Å²) < 4.78 is 1.78. The Hall–Kier alpha value is -2.74. The minimum absolute atomic E-state index is 0.0243. The minimum atomic E-state index is -1.16. The molecule has 188 valence electrons. The van der Waals surface area contributed by atoms with E-state index in [1.54, 1.807) is 10.6 Å². The van der Waals surface area contributed by atoms with E-state index in [0.29, 0.717) is 17.6 Å². The zero-order chi connectivity index (χ0) is 24.6. The first-order valence-corrected chi connectivity index (χ1v) is 13.2. The molecule has 2 bridgehead atoms. The zero-order valence-electron chi connectivity index (χ0n) is 20.5. The monoisotopic (exact) mass is 480 g/mol. The number of aliphatic carboxylic acids is 1. The van der Waals surface area contributed by atoms with Gasteiger partial charge in [0, 0.05) is 23.7 Å². The summed E-state index contributed by atoms with van der Waals surface area (Å²) in [5.41, 5.74) is 0.684. The molecule has 8 heteroatoms. The van der Waals surface area contributed by atoms with Gasteiger partial charge in [0.15, 0.2) is 5.69 Å². The normalized spacial score (nSPS) is 27.9. The van der Waals surface area contributed by atoms with Gasteiger partial charge in [-0.2, -0.15) is 0 Å². The van der Waals surface area contributed by atoms with Crippen molar-refractivity contribution < 1.29 is 14.7 Å². The summed E-state index contributed by atoms with van der Waals surface area (Å²) in [6.45, 7) is 1.82. The number of hydrogen-bond donors (Lipinski definition) is 2. The van der Waals surface area contributed by atoms with Crippen LogP contribution in [0.25, 0.3) is 11.0 Å². The Morgan fingerprint density at radius 1 is 1.06 bits per heavy atom. The van der Waals surface area contributed by atoms with Gasteiger partial charge in [-0.25, -0.2) is 4.98 Å². The van der Waals surface area contributed by atoms with E-state index >= 15 is 0 Å². The van der Waals surface area contributed by atoms with Gasteiger partial charge in [-0.1, -0.05) is 44.2 Å². The highest BCUT2D eigenvalue weighted by atomic mass is 16.4. The van der Waals surface area contributed by atoms with Crippen molar-refractivity contribution in [1.82, 2.24) is 19.8 Å². The third-order valence-corrected chi connectivity index (χ3v) is 8.50. The summed E-state index contributed by atoms with van der Waals surface area (Å²) in [7, 11) is 0. The van der Waals surface area contributed by atoms with Gasteiger partial charge in [-0.15, -0.1) is 0 Å². The van der Waals surface area contributed by atoms with Crippen LogP contribution in [0.5, 0.6) is 0 Å². The fraction of sp³-hybridized carbons (Fsp3) is 0.630. The molecule has 0 spiro atoms. The maximum atomic E-state index is 13.7. The first-order chi connectivity index (χ1) is 16.9. The minimum Gasteiger partial charge on any atom is -0.480 e. The summed E-state index contributed by atoms with van der Waals surface area (Å²) in [5.74, 6) is -1.90. The molecule has 1 aliphatic carbocycles. The highest BCUT2D eigenvalue weighted by Gasteiger charge is 2.51. The van der Waals surface area contributed by atoms with E-state index in [0.717, 1.165) is 31.2 Å². The van der Waals surface area contributed by atoms with Crippen molar-refractivity contribution in [2.24, 2.45) is 0 Å². The van der Waals surface area contributed by atoms with E-state index in [2.05, 4.69) is 22.1 Å². The number of carboxylic acid groups (broad SMARTS) is 1. The van der Waals surface area contributed by atoms with Crippen molar-refractivity contribution in [3.63, 3.8) is 0 Å². The summed E-state index contributed by atoms with van der Waals surface area (Å²) in [4.78, 5) is 44.5. The van der Waals surface area contributed by atoms with E-state index in [9.17, 15) is 14.4 Å². The van der Waals surface area contributed by atoms with E-state index in [4.69, 9.17) is 5.11 Å². The molecular formula is C27H36N4O4. The predicted octanol–water partition coefficient (Wildman–Crippen LogP) is 3.88. The van der Waals surface area contributed by atoms with Gasteiger partial charge in [0.2, 0.25) is 0 Å². The van der Waals surface area contributed by atoms with Crippen LogP contribution in [0, 0.1) is 0 Å². The molecular weight excluding hydrogens is 444 g/mol. The molecule has 8 nitrogen and oxygen atoms in total. The third-order valence-electron chi connectivity index (χ3n) is 8.50. The van der Waals surface area contributed by atoms with Crippen molar-refractivity contribution in [2.75, 3.05) is 6.54 Å². The Morgan fingerprint density at radius 3 is 2.49 bits per heavy atom. The Bertz CT molecular complexity index is 1170. The van der Waals surface area contributed by atoms with Gasteiger partial charge in [-0.3, -0.25) is 19.3 Å². The highest BCUT2D eigenvalue weighted by molar-refractivity contribution is 5.95. The van der Waals surface area contributed by atoms with Crippen molar-refractivity contribution in [3.05, 3.63) is 40.3 Å². The molecule has 2 N–H and O–H groups in total. The number of para-hydroxylation sites is 2. The number of rotatable bonds is 5. The number of carboxylic acids is 1. The maximum Gasteiger partial charge on any atom is 0.322 e. The lowest BCUT2D eigenvalue weighted by Gasteiger charge is -2.50. The molecule has 3 aliphatic rings. The SMILES string of the molecule is C[C@@]12CC[C@@H](C[C@@H](n3c(=O)c(C(=O)NCC(=O)O)nc4ccccc43)C1)N2C1CCCCCCC1. The van der Waals surface area contributed by atoms with Crippen LogP contribution in [0.15, 0.2) is 29.1 Å². The van der Waals surface area contributed by atoms with Crippen LogP contribution in [0.2, 0.25) is 0 Å². The van der Waals surface area contributed by atoms with Crippen LogP contribution in [-0.4, -0.2) is 55.6 Å². The standard InChI is InChI=1S/C27H36N4O4/c1-27-14-13-19(31(27)18-9-5-3-2-4-6-10-18)15-20(16-27)30-22-12-8-7-11-21(22)29-24(26(30)35)25(34)28-17-23(32)33/h7-8,11-12,18-20H,2-6,9-10,13-17H2,1H3,(H,28,34)(H,32,33)/t19-,20+,27+/m0/s1. The Kier molecular flexibility index (Phi) is 6.66. The lowest BCUT2D eigenvalue weighted by Crippen LogP contribution is -2.56. The summed E-state index contributed by atoms with van der Waals surface area (Å²) >= 11 is 0. The first-order valence-electron chi connectivity index (χ1n) is 13.2. The maximum absolute atomic E-state index is 13.7. The number of amides is 1. The van der Waals surface area contributed by atoms with E-state index in [1.165, 1.54) is 44.9 Å². The molecule has 2 aliphatic heterocycles. The molecule has 1 saturated carbocycles. The van der Waals surface area contributed by atoms with Crippen molar-refractivity contribution in [3.8, 4) is 0 Å². The molecule has 1 aromatic carbocycles. The topological polar surface area (TPSA) is 105 Å². The smallest absolute Gasteiger partial charge is 0.322 e. The van der Waals surface area contributed by atoms with Gasteiger partial charge in [-0.05, 0) is 57.6 Å². The number of nitrogens with one attached hydrogen (secondary N) is 1. The molecule has 1 amide bonds. The van der Waals surface area contributed by atoms with Gasteiger partial charge in [0.1, 0.15) is 6.54 Å². The summed E-state index contributed by atoms with van der Waals surface area (Å²) in [6.07, 6.45) is 13.2. The Balaban J connectivity index is 1.49. The fourth-order valence-electron chi connectivity index (χ4n) is 7.08. The third kappa shape index (κ3) is 4.60. The van der Waals surface area contributed by atoms with Crippen LogP contribution in [0.1, 0.15) is 94.1 Å². The second kappa shape index (κ2) is 9.72. The first kappa shape index (κ1) is 24.0. The lowest BCUT2D eigenvalue weighted by atomic mass is 9.83. The molecule has 1 aromatic heterocycles. The molecule has 2 aromatic rings. The molecule has 2 saturated heterocycles. The average Bonchev–Trinajstić information content (AvgIpc) is 3.01. The number of benzene rings is 1. The van der Waals surface area contributed by atoms with Crippen LogP contribution in [-0.2, 0) is 4.79 Å². The number of piperidine rings is 1. The fourth-order valence-corrected chi connectivity index (χ4v) is 7.08. The van der Waals surface area contributed by atoms with Gasteiger partial charge < -0.3 is 15.0 Å². The summed E-state index contributed by atoms with van der Waals surface area (Å²) in [5, 5.41) is 11.3. The number of nitrogens with zero attached hydrogens (tertiary/aromatic N) is 3. The van der Waals surface area contributed by atoms with Crippen LogP contribution < -0.4 is 10.9 Å². The van der Waals surface area contributed by atoms with Gasteiger partial charge >= 0.3 is 5.97 Å². The molecule has 0 unspecified atom stereocenters. The van der Waals surface area contributed by atoms with Crippen molar-refractivity contribution in [1.29, 1.82) is 0 Å². The number of hydrogen-bond acceptors (Lipinski definition) is 5. The second-order valence-corrected chi connectivity index (χ2v) is 10.9. The highest BCUT2D eigenvalue weighted by Crippen LogP contribution is 2.50. The molecule has 0 radical (unpaired) electrons. The number of carbonyl (C=O) groups excluding carboxylic acids is 1. The van der Waals surface area contributed by atoms with E-state index in [-0.39, 0.29) is 17.3 Å². The van der Waals surface area contributed by atoms with Crippen LogP contribution >= 0.6 is 0 Å². The van der Waals surface area contributed by atoms with Gasteiger partial charge in [0.25, 0.3) is 11.5 Å². The molecule has 35 heavy (non-hydrogen) atoms. The number of aromatic nitrogens is 2. The van der Waals surface area contributed by atoms with Crippen LogP contribution in [0.4, 0.5) is 0 Å². The van der Waals surface area contributed by atoms with E-state index in [1.807, 2.05) is 18.2 Å². The van der Waals surface area contributed by atoms with Gasteiger partial charge in [0.05, 0.1) is 11.0 Å². The van der Waals surface area contributed by atoms with E-state index < -0.39 is 24.0 Å². The largest absolute Gasteiger partial charge is 0.480 e. The predicted molar refractivity (Wildman–Crippen MR) is 134 cm³/mol. The Morgan fingerprint density at radius 2 is 1.77 bits per heavy atom. The molecule has 3 heterocycles. The Labute approximate surface area is 205 Å².